The smallest absolute Gasteiger partial charge is 0.225 e. The van der Waals surface area contributed by atoms with Crippen LogP contribution in [0, 0.1) is 0 Å². The quantitative estimate of drug-likeness (QED) is 0.179. The van der Waals surface area contributed by atoms with Gasteiger partial charge in [-0.25, -0.2) is 24.9 Å². The first-order chi connectivity index (χ1) is 19.4. The number of morpholine rings is 1. The van der Waals surface area contributed by atoms with Gasteiger partial charge in [-0.2, -0.15) is 5.48 Å². The molecule has 1 saturated heterocycles. The largest absolute Gasteiger partial charge is 0.476 e. The lowest BCUT2D eigenvalue weighted by molar-refractivity contribution is 0.000308. The monoisotopic (exact) mass is 567 g/mol. The van der Waals surface area contributed by atoms with Crippen molar-refractivity contribution in [3.63, 3.8) is 0 Å². The summed E-state index contributed by atoms with van der Waals surface area (Å²) in [5.41, 5.74) is 3.81. The van der Waals surface area contributed by atoms with E-state index in [0.717, 1.165) is 46.1 Å². The fraction of sp³-hybridized carbons (Fsp3) is 0.423. The van der Waals surface area contributed by atoms with Gasteiger partial charge in [0.25, 0.3) is 0 Å². The third kappa shape index (κ3) is 6.60. The Kier molecular flexibility index (Phi) is 8.94. The van der Waals surface area contributed by atoms with E-state index in [0.29, 0.717) is 49.6 Å². The summed E-state index contributed by atoms with van der Waals surface area (Å²) in [6.45, 7) is 4.73. The van der Waals surface area contributed by atoms with Crippen molar-refractivity contribution in [2.24, 2.45) is 0 Å². The van der Waals surface area contributed by atoms with Gasteiger partial charge in [-0.15, -0.1) is 11.3 Å². The van der Waals surface area contributed by atoms with Crippen molar-refractivity contribution in [1.82, 2.24) is 35.3 Å². The van der Waals surface area contributed by atoms with Crippen LogP contribution in [-0.2, 0) is 11.3 Å². The molecule has 13 nitrogen and oxygen atoms in total. The molecule has 212 valence electrons. The van der Waals surface area contributed by atoms with E-state index < -0.39 is 6.23 Å². The van der Waals surface area contributed by atoms with Gasteiger partial charge in [-0.05, 0) is 26.2 Å². The van der Waals surface area contributed by atoms with Crippen molar-refractivity contribution in [2.75, 3.05) is 70.4 Å². The average Bonchev–Trinajstić information content (AvgIpc) is 3.39. The summed E-state index contributed by atoms with van der Waals surface area (Å²) >= 11 is 1.64. The second-order valence-corrected chi connectivity index (χ2v) is 10.8. The highest BCUT2D eigenvalue weighted by Crippen LogP contribution is 2.35. The molecule has 1 fully saturated rings. The van der Waals surface area contributed by atoms with Crippen molar-refractivity contribution in [2.45, 2.75) is 12.8 Å². The number of hydroxylamine groups is 1. The third-order valence-electron chi connectivity index (χ3n) is 6.33. The maximum Gasteiger partial charge on any atom is 0.225 e. The number of pyridine rings is 1. The highest BCUT2D eigenvalue weighted by Gasteiger charge is 2.21. The summed E-state index contributed by atoms with van der Waals surface area (Å²) in [6.07, 6.45) is 3.45. The molecule has 0 saturated carbocycles. The second kappa shape index (κ2) is 12.8. The fourth-order valence-corrected chi connectivity index (χ4v) is 5.31. The van der Waals surface area contributed by atoms with Crippen LogP contribution < -0.4 is 20.0 Å². The Hall–Kier alpha value is -3.53. The molecule has 40 heavy (non-hydrogen) atoms. The molecule has 0 aromatic carbocycles. The van der Waals surface area contributed by atoms with E-state index >= 15 is 0 Å². The maximum atomic E-state index is 9.69. The Bertz CT molecular complexity index is 1400. The minimum absolute atomic E-state index is 0.363. The number of nitrogens with zero attached hydrogens (tertiary/aromatic N) is 8. The molecule has 4 aromatic rings. The number of hydrogen-bond acceptors (Lipinski definition) is 14. The van der Waals surface area contributed by atoms with E-state index in [9.17, 15) is 5.11 Å². The average molecular weight is 568 g/mol. The van der Waals surface area contributed by atoms with Gasteiger partial charge in [0.2, 0.25) is 11.8 Å². The molecule has 4 aromatic heterocycles. The summed E-state index contributed by atoms with van der Waals surface area (Å²) in [5.74, 6) is 2.55. The molecule has 3 N–H and O–H groups in total. The number of hydrogen-bond donors (Lipinski definition) is 3. The van der Waals surface area contributed by atoms with E-state index in [-0.39, 0.29) is 0 Å². The number of fused-ring (bicyclic) bond motifs is 1. The molecule has 0 radical (unpaired) electrons. The molecule has 14 heteroatoms. The number of rotatable bonds is 11. The Morgan fingerprint density at radius 2 is 1.88 bits per heavy atom. The Balaban J connectivity index is 1.41. The van der Waals surface area contributed by atoms with Gasteiger partial charge in [0.15, 0.2) is 17.9 Å². The lowest BCUT2D eigenvalue weighted by Gasteiger charge is -2.28. The molecular weight excluding hydrogens is 534 g/mol. The molecule has 1 unspecified atom stereocenters. The van der Waals surface area contributed by atoms with Gasteiger partial charge >= 0.3 is 0 Å². The van der Waals surface area contributed by atoms with Crippen LogP contribution in [0.3, 0.4) is 0 Å². The number of nitrogens with one attached hydrogen (secondary N) is 1. The van der Waals surface area contributed by atoms with Gasteiger partial charge in [-0.3, -0.25) is 0 Å². The molecule has 1 aliphatic heterocycles. The first-order valence-corrected chi connectivity index (χ1v) is 13.7. The first kappa shape index (κ1) is 28.0. The second-order valence-electron chi connectivity index (χ2n) is 9.64. The summed E-state index contributed by atoms with van der Waals surface area (Å²) < 4.78 is 12.3. The zero-order chi connectivity index (χ0) is 28.1. The third-order valence-corrected chi connectivity index (χ3v) is 7.43. The van der Waals surface area contributed by atoms with Crippen molar-refractivity contribution in [3.8, 4) is 17.3 Å². The van der Waals surface area contributed by atoms with Crippen LogP contribution in [0.1, 0.15) is 16.7 Å². The lowest BCUT2D eigenvalue weighted by atomic mass is 10.2. The van der Waals surface area contributed by atoms with Crippen molar-refractivity contribution < 1.29 is 19.8 Å². The minimum atomic E-state index is -1.24. The molecule has 1 atom stereocenters. The Labute approximate surface area is 236 Å². The number of aromatic nitrogens is 5. The van der Waals surface area contributed by atoms with Gasteiger partial charge in [0.05, 0.1) is 30.0 Å². The van der Waals surface area contributed by atoms with E-state index in [1.807, 2.05) is 38.2 Å². The zero-order valence-corrected chi connectivity index (χ0v) is 23.5. The van der Waals surface area contributed by atoms with Crippen LogP contribution in [-0.4, -0.2) is 101 Å². The lowest BCUT2D eigenvalue weighted by Crippen LogP contribution is -2.36. The van der Waals surface area contributed by atoms with Crippen molar-refractivity contribution in [3.05, 3.63) is 47.2 Å². The molecule has 5 rings (SSSR count). The topological polar surface area (TPSA) is 145 Å². The van der Waals surface area contributed by atoms with E-state index in [4.69, 9.17) is 24.6 Å². The molecule has 0 bridgehead atoms. The SMILES string of the molecule is CN(C)CCOc1ccc(-c2nc(N3CCOCC3)c3sc(CN(C)c4ncc(C(O)NO)cn4)cc3n2)cn1. The predicted molar refractivity (Wildman–Crippen MR) is 152 cm³/mol. The molecule has 0 amide bonds. The van der Waals surface area contributed by atoms with Gasteiger partial charge in [0.1, 0.15) is 6.61 Å². The normalized spacial score (nSPS) is 14.6. The standard InChI is InChI=1S/C26H33N9O4S/c1-33(2)6-11-39-21-5-4-17(13-27-21)23-30-20-12-19(40-22(20)24(31-23)35-7-9-38-10-8-35)16-34(3)26-28-14-18(15-29-26)25(36)32-37/h4-5,12-15,25,32,36-37H,6-11,16H2,1-3H3. The van der Waals surface area contributed by atoms with Gasteiger partial charge in [-0.1, -0.05) is 0 Å². The zero-order valence-electron chi connectivity index (χ0n) is 22.7. The predicted octanol–water partition coefficient (Wildman–Crippen LogP) is 1.93. The number of ether oxygens (including phenoxy) is 2. The van der Waals surface area contributed by atoms with Gasteiger partial charge < -0.3 is 34.5 Å². The van der Waals surface area contributed by atoms with E-state index in [1.165, 1.54) is 12.4 Å². The summed E-state index contributed by atoms with van der Waals surface area (Å²) in [4.78, 5) is 30.3. The molecule has 0 spiro atoms. The van der Waals surface area contributed by atoms with Crippen LogP contribution in [0.2, 0.25) is 0 Å². The highest BCUT2D eigenvalue weighted by atomic mass is 32.1. The summed E-state index contributed by atoms with van der Waals surface area (Å²) in [6, 6.07) is 5.86. The highest BCUT2D eigenvalue weighted by molar-refractivity contribution is 7.19. The van der Waals surface area contributed by atoms with Crippen LogP contribution in [0.25, 0.3) is 21.6 Å². The van der Waals surface area contributed by atoms with Gasteiger partial charge in [0, 0.05) is 67.3 Å². The molecule has 5 heterocycles. The van der Waals surface area contributed by atoms with Crippen molar-refractivity contribution in [1.29, 1.82) is 0 Å². The molecular formula is C26H33N9O4S. The molecule has 1 aliphatic rings. The van der Waals surface area contributed by atoms with Crippen molar-refractivity contribution >= 4 is 33.3 Å². The number of thiophene rings is 1. The van der Waals surface area contributed by atoms with Crippen LogP contribution in [0.4, 0.5) is 11.8 Å². The van der Waals surface area contributed by atoms with E-state index in [2.05, 4.69) is 30.8 Å². The van der Waals surface area contributed by atoms with Crippen LogP contribution in [0.15, 0.2) is 36.8 Å². The minimum Gasteiger partial charge on any atom is -0.476 e. The maximum absolute atomic E-state index is 9.69. The van der Waals surface area contributed by atoms with Crippen LogP contribution >= 0.6 is 11.3 Å². The number of anilines is 2. The summed E-state index contributed by atoms with van der Waals surface area (Å²) in [5, 5.41) is 18.6. The number of aliphatic hydroxyl groups is 1. The van der Waals surface area contributed by atoms with E-state index in [1.54, 1.807) is 23.0 Å². The fourth-order valence-electron chi connectivity index (χ4n) is 4.14. The Morgan fingerprint density at radius 1 is 1.10 bits per heavy atom. The molecule has 0 aliphatic carbocycles. The van der Waals surface area contributed by atoms with Crippen LogP contribution in [0.5, 0.6) is 5.88 Å². The first-order valence-electron chi connectivity index (χ1n) is 12.9. The Morgan fingerprint density at radius 3 is 2.55 bits per heavy atom. The number of aliphatic hydroxyl groups excluding tert-OH is 1. The summed E-state index contributed by atoms with van der Waals surface area (Å²) in [7, 11) is 5.90. The number of likely N-dealkylation sites (N-methyl/N-ethyl adjacent to an activating group) is 1.